The molecular weight excluding hydrogens is 248 g/mol. The van der Waals surface area contributed by atoms with Gasteiger partial charge < -0.3 is 15.1 Å². The molecule has 1 fully saturated rings. The molecule has 112 valence electrons. The van der Waals surface area contributed by atoms with Crippen molar-refractivity contribution in [2.24, 2.45) is 0 Å². The fourth-order valence-electron chi connectivity index (χ4n) is 2.85. The number of piperidine rings is 1. The van der Waals surface area contributed by atoms with Gasteiger partial charge in [0.1, 0.15) is 5.82 Å². The maximum absolute atomic E-state index is 4.45. The summed E-state index contributed by atoms with van der Waals surface area (Å²) in [5.74, 6) is 1.07. The number of pyridine rings is 1. The van der Waals surface area contributed by atoms with Crippen molar-refractivity contribution in [3.8, 4) is 0 Å². The third-order valence-electron chi connectivity index (χ3n) is 4.13. The Labute approximate surface area is 123 Å². The van der Waals surface area contributed by atoms with Gasteiger partial charge in [0.2, 0.25) is 0 Å². The van der Waals surface area contributed by atoms with Crippen LogP contribution in [-0.2, 0) is 6.54 Å². The van der Waals surface area contributed by atoms with E-state index in [1.54, 1.807) is 0 Å². The molecule has 0 aromatic carbocycles. The minimum absolute atomic E-state index is 0.639. The largest absolute Gasteiger partial charge is 0.362 e. The van der Waals surface area contributed by atoms with Crippen molar-refractivity contribution in [3.63, 3.8) is 0 Å². The SMILES string of the molecule is CC(C)N1CCC(NCc2cccnc2N(C)C)CC1. The van der Waals surface area contributed by atoms with Crippen LogP contribution in [0.3, 0.4) is 0 Å². The third kappa shape index (κ3) is 3.93. The first-order valence-electron chi connectivity index (χ1n) is 7.66. The van der Waals surface area contributed by atoms with Crippen LogP contribution in [-0.4, -0.2) is 49.2 Å². The zero-order chi connectivity index (χ0) is 14.5. The number of hydrogen-bond donors (Lipinski definition) is 1. The molecule has 2 heterocycles. The van der Waals surface area contributed by atoms with Gasteiger partial charge in [-0.3, -0.25) is 0 Å². The Kier molecular flexibility index (Phi) is 5.38. The lowest BCUT2D eigenvalue weighted by atomic mass is 10.0. The summed E-state index contributed by atoms with van der Waals surface area (Å²) < 4.78 is 0. The molecule has 0 aliphatic carbocycles. The lowest BCUT2D eigenvalue weighted by Crippen LogP contribution is -2.44. The van der Waals surface area contributed by atoms with E-state index in [0.29, 0.717) is 12.1 Å². The van der Waals surface area contributed by atoms with Gasteiger partial charge in [0.25, 0.3) is 0 Å². The van der Waals surface area contributed by atoms with E-state index in [-0.39, 0.29) is 0 Å². The molecule has 1 saturated heterocycles. The normalized spacial score (nSPS) is 17.6. The van der Waals surface area contributed by atoms with Crippen molar-refractivity contribution in [2.45, 2.75) is 45.3 Å². The molecule has 0 unspecified atom stereocenters. The molecule has 4 nitrogen and oxygen atoms in total. The zero-order valence-electron chi connectivity index (χ0n) is 13.3. The standard InChI is InChI=1S/C16H28N4/c1-13(2)20-10-7-15(8-11-20)18-12-14-6-5-9-17-16(14)19(3)4/h5-6,9,13,15,18H,7-8,10-12H2,1-4H3. The van der Waals surface area contributed by atoms with Crippen LogP contribution in [0.15, 0.2) is 18.3 Å². The summed E-state index contributed by atoms with van der Waals surface area (Å²) in [6.45, 7) is 7.90. The molecule has 1 aliphatic heterocycles. The minimum atomic E-state index is 0.639. The molecule has 1 aliphatic rings. The quantitative estimate of drug-likeness (QED) is 0.892. The summed E-state index contributed by atoms with van der Waals surface area (Å²) in [5.41, 5.74) is 1.28. The molecule has 0 atom stereocenters. The van der Waals surface area contributed by atoms with Gasteiger partial charge in [0, 0.05) is 44.5 Å². The predicted octanol–water partition coefficient (Wildman–Crippen LogP) is 2.11. The van der Waals surface area contributed by atoms with Crippen LogP contribution in [0.5, 0.6) is 0 Å². The molecule has 2 rings (SSSR count). The number of nitrogens with one attached hydrogen (secondary N) is 1. The molecule has 0 bridgehead atoms. The van der Waals surface area contributed by atoms with Crippen molar-refractivity contribution < 1.29 is 0 Å². The van der Waals surface area contributed by atoms with Crippen molar-refractivity contribution in [1.82, 2.24) is 15.2 Å². The van der Waals surface area contributed by atoms with Crippen molar-refractivity contribution >= 4 is 5.82 Å². The Bertz CT molecular complexity index is 409. The Hall–Kier alpha value is -1.13. The van der Waals surface area contributed by atoms with E-state index in [1.165, 1.54) is 31.5 Å². The van der Waals surface area contributed by atoms with E-state index in [0.717, 1.165) is 12.4 Å². The Morgan fingerprint density at radius 3 is 2.65 bits per heavy atom. The van der Waals surface area contributed by atoms with Gasteiger partial charge in [-0.25, -0.2) is 4.98 Å². The Morgan fingerprint density at radius 2 is 2.05 bits per heavy atom. The predicted molar refractivity (Wildman–Crippen MR) is 85.1 cm³/mol. The van der Waals surface area contributed by atoms with Crippen LogP contribution in [0.25, 0.3) is 0 Å². The van der Waals surface area contributed by atoms with Crippen LogP contribution >= 0.6 is 0 Å². The smallest absolute Gasteiger partial charge is 0.132 e. The van der Waals surface area contributed by atoms with Gasteiger partial charge in [0.05, 0.1) is 0 Å². The number of rotatable bonds is 5. The first kappa shape index (κ1) is 15.3. The van der Waals surface area contributed by atoms with E-state index < -0.39 is 0 Å². The van der Waals surface area contributed by atoms with Crippen molar-refractivity contribution in [2.75, 3.05) is 32.1 Å². The molecular formula is C16H28N4. The fourth-order valence-corrected chi connectivity index (χ4v) is 2.85. The van der Waals surface area contributed by atoms with Crippen LogP contribution in [0, 0.1) is 0 Å². The highest BCUT2D eigenvalue weighted by Crippen LogP contribution is 2.17. The number of aromatic nitrogens is 1. The molecule has 0 radical (unpaired) electrons. The fraction of sp³-hybridized carbons (Fsp3) is 0.688. The third-order valence-corrected chi connectivity index (χ3v) is 4.13. The van der Waals surface area contributed by atoms with E-state index in [9.17, 15) is 0 Å². The zero-order valence-corrected chi connectivity index (χ0v) is 13.3. The van der Waals surface area contributed by atoms with Gasteiger partial charge in [-0.1, -0.05) is 6.07 Å². The average Bonchev–Trinajstić information content (AvgIpc) is 2.45. The van der Waals surface area contributed by atoms with E-state index in [4.69, 9.17) is 0 Å². The first-order chi connectivity index (χ1) is 9.58. The average molecular weight is 276 g/mol. The van der Waals surface area contributed by atoms with E-state index in [1.807, 2.05) is 26.4 Å². The lowest BCUT2D eigenvalue weighted by molar-refractivity contribution is 0.161. The van der Waals surface area contributed by atoms with Gasteiger partial charge >= 0.3 is 0 Å². The maximum Gasteiger partial charge on any atom is 0.132 e. The van der Waals surface area contributed by atoms with Gasteiger partial charge in [-0.15, -0.1) is 0 Å². The van der Waals surface area contributed by atoms with E-state index >= 15 is 0 Å². The van der Waals surface area contributed by atoms with Crippen LogP contribution in [0.1, 0.15) is 32.3 Å². The highest BCUT2D eigenvalue weighted by Gasteiger charge is 2.20. The highest BCUT2D eigenvalue weighted by atomic mass is 15.2. The molecule has 1 aromatic heterocycles. The summed E-state index contributed by atoms with van der Waals surface area (Å²) >= 11 is 0. The van der Waals surface area contributed by atoms with Gasteiger partial charge in [-0.2, -0.15) is 0 Å². The molecule has 1 aromatic rings. The van der Waals surface area contributed by atoms with Gasteiger partial charge in [-0.05, 0) is 45.8 Å². The number of likely N-dealkylation sites (tertiary alicyclic amines) is 1. The molecule has 0 amide bonds. The number of nitrogens with zero attached hydrogens (tertiary/aromatic N) is 3. The van der Waals surface area contributed by atoms with Crippen molar-refractivity contribution in [1.29, 1.82) is 0 Å². The Balaban J connectivity index is 1.85. The Morgan fingerprint density at radius 1 is 1.35 bits per heavy atom. The van der Waals surface area contributed by atoms with Crippen LogP contribution in [0.2, 0.25) is 0 Å². The van der Waals surface area contributed by atoms with Crippen LogP contribution in [0.4, 0.5) is 5.82 Å². The summed E-state index contributed by atoms with van der Waals surface area (Å²) in [7, 11) is 4.10. The highest BCUT2D eigenvalue weighted by molar-refractivity contribution is 5.45. The molecule has 4 heteroatoms. The lowest BCUT2D eigenvalue weighted by Gasteiger charge is -2.35. The summed E-state index contributed by atoms with van der Waals surface area (Å²) in [5, 5.41) is 3.70. The summed E-state index contributed by atoms with van der Waals surface area (Å²) in [6.07, 6.45) is 4.35. The second-order valence-electron chi connectivity index (χ2n) is 6.17. The molecule has 0 saturated carbocycles. The number of hydrogen-bond acceptors (Lipinski definition) is 4. The summed E-state index contributed by atoms with van der Waals surface area (Å²) in [4.78, 5) is 9.10. The second kappa shape index (κ2) is 7.04. The molecule has 20 heavy (non-hydrogen) atoms. The van der Waals surface area contributed by atoms with Crippen LogP contribution < -0.4 is 10.2 Å². The summed E-state index contributed by atoms with van der Waals surface area (Å²) in [6, 6.07) is 5.50. The maximum atomic E-state index is 4.45. The monoisotopic (exact) mass is 276 g/mol. The molecule has 1 N–H and O–H groups in total. The topological polar surface area (TPSA) is 31.4 Å². The van der Waals surface area contributed by atoms with Crippen molar-refractivity contribution in [3.05, 3.63) is 23.9 Å². The molecule has 0 spiro atoms. The minimum Gasteiger partial charge on any atom is -0.362 e. The first-order valence-corrected chi connectivity index (χ1v) is 7.66. The van der Waals surface area contributed by atoms with E-state index in [2.05, 4.69) is 40.0 Å². The van der Waals surface area contributed by atoms with Gasteiger partial charge in [0.15, 0.2) is 0 Å². The number of anilines is 1. The second-order valence-corrected chi connectivity index (χ2v) is 6.17.